The SMILES string of the molecule is Cn1c(=O)c2c(c(C#N)c(N3CCC[C@@H](N)C3)n2Cc2ccccc2Cl)c2ccc(C(=O)O)cc21. The number of nitriles is 1. The smallest absolute Gasteiger partial charge is 0.335 e. The van der Waals surface area contributed by atoms with Crippen LogP contribution in [0.25, 0.3) is 21.8 Å². The molecule has 4 aromatic rings. The van der Waals surface area contributed by atoms with E-state index in [0.717, 1.165) is 18.4 Å². The third-order valence-electron chi connectivity index (χ3n) is 6.77. The summed E-state index contributed by atoms with van der Waals surface area (Å²) in [5, 5.41) is 21.6. The zero-order chi connectivity index (χ0) is 24.9. The Hall–Kier alpha value is -3.80. The van der Waals surface area contributed by atoms with Crippen LogP contribution in [0, 0.1) is 11.3 Å². The third kappa shape index (κ3) is 3.73. The highest BCUT2D eigenvalue weighted by Crippen LogP contribution is 2.37. The van der Waals surface area contributed by atoms with Gasteiger partial charge in [0.05, 0.1) is 17.6 Å². The topological polar surface area (TPSA) is 117 Å². The summed E-state index contributed by atoms with van der Waals surface area (Å²) in [5.74, 6) is -0.441. The van der Waals surface area contributed by atoms with Crippen molar-refractivity contribution in [3.8, 4) is 6.07 Å². The number of nitrogens with two attached hydrogens (primary N) is 1. The first kappa shape index (κ1) is 23.0. The molecule has 3 N–H and O–H groups in total. The molecular weight excluding hydrogens is 466 g/mol. The summed E-state index contributed by atoms with van der Waals surface area (Å²) in [4.78, 5) is 27.4. The second-order valence-electron chi connectivity index (χ2n) is 8.96. The van der Waals surface area contributed by atoms with Gasteiger partial charge < -0.3 is 24.9 Å². The number of aromatic carboxylic acids is 1. The Morgan fingerprint density at radius 3 is 2.74 bits per heavy atom. The third-order valence-corrected chi connectivity index (χ3v) is 7.14. The van der Waals surface area contributed by atoms with Crippen LogP contribution in [0.2, 0.25) is 5.02 Å². The molecule has 0 radical (unpaired) electrons. The second kappa shape index (κ2) is 8.77. The van der Waals surface area contributed by atoms with E-state index in [9.17, 15) is 20.0 Å². The molecule has 8 nitrogen and oxygen atoms in total. The van der Waals surface area contributed by atoms with Crippen LogP contribution in [0.4, 0.5) is 5.82 Å². The van der Waals surface area contributed by atoms with E-state index in [-0.39, 0.29) is 17.2 Å². The van der Waals surface area contributed by atoms with E-state index < -0.39 is 5.97 Å². The fraction of sp³-hybridized carbons (Fsp3) is 0.269. The normalized spacial score (nSPS) is 16.1. The molecule has 0 unspecified atom stereocenters. The predicted molar refractivity (Wildman–Crippen MR) is 136 cm³/mol. The lowest BCUT2D eigenvalue weighted by molar-refractivity contribution is 0.0697. The number of carbonyl (C=O) groups is 1. The van der Waals surface area contributed by atoms with Crippen molar-refractivity contribution in [3.05, 3.63) is 74.5 Å². The van der Waals surface area contributed by atoms with Crippen LogP contribution < -0.4 is 16.2 Å². The molecule has 1 saturated heterocycles. The van der Waals surface area contributed by atoms with Gasteiger partial charge in [-0.3, -0.25) is 4.79 Å². The number of hydrogen-bond donors (Lipinski definition) is 2. The number of carboxylic acid groups (broad SMARTS) is 1. The summed E-state index contributed by atoms with van der Waals surface area (Å²) >= 11 is 6.49. The minimum atomic E-state index is -1.08. The molecule has 2 aromatic carbocycles. The lowest BCUT2D eigenvalue weighted by Crippen LogP contribution is -2.44. The summed E-state index contributed by atoms with van der Waals surface area (Å²) in [6.07, 6.45) is 1.77. The standard InChI is InChI=1S/C26H24ClN5O3/c1-30-21-11-15(26(34)35)8-9-18(21)22-19(12-28)24(31-10-4-6-17(29)14-31)32(23(22)25(30)33)13-16-5-2-3-7-20(16)27/h2-3,5,7-9,11,17H,4,6,10,13-14,29H2,1H3,(H,34,35)/t17-/m1/s1. The van der Waals surface area contributed by atoms with E-state index in [4.69, 9.17) is 17.3 Å². The maximum absolute atomic E-state index is 13.8. The molecule has 1 atom stereocenters. The van der Waals surface area contributed by atoms with Crippen molar-refractivity contribution in [2.45, 2.75) is 25.4 Å². The van der Waals surface area contributed by atoms with Gasteiger partial charge >= 0.3 is 5.97 Å². The average molecular weight is 490 g/mol. The van der Waals surface area contributed by atoms with Crippen LogP contribution in [-0.2, 0) is 13.6 Å². The molecule has 0 aliphatic carbocycles. The molecule has 1 aliphatic heterocycles. The maximum atomic E-state index is 13.8. The van der Waals surface area contributed by atoms with Crippen molar-refractivity contribution in [3.63, 3.8) is 0 Å². The van der Waals surface area contributed by atoms with Crippen molar-refractivity contribution >= 4 is 45.2 Å². The van der Waals surface area contributed by atoms with Crippen molar-refractivity contribution in [2.75, 3.05) is 18.0 Å². The number of nitrogens with zero attached hydrogens (tertiary/aromatic N) is 4. The molecule has 3 heterocycles. The van der Waals surface area contributed by atoms with Gasteiger partial charge in [-0.05, 0) is 36.6 Å². The molecule has 35 heavy (non-hydrogen) atoms. The van der Waals surface area contributed by atoms with E-state index in [1.807, 2.05) is 22.8 Å². The van der Waals surface area contributed by atoms with E-state index in [1.54, 1.807) is 19.2 Å². The lowest BCUT2D eigenvalue weighted by Gasteiger charge is -2.33. The summed E-state index contributed by atoms with van der Waals surface area (Å²) < 4.78 is 3.32. The Labute approximate surface area is 206 Å². The molecule has 0 saturated carbocycles. The van der Waals surface area contributed by atoms with E-state index in [2.05, 4.69) is 11.0 Å². The summed E-state index contributed by atoms with van der Waals surface area (Å²) in [6, 6.07) is 14.4. The number of halogens is 1. The van der Waals surface area contributed by atoms with Gasteiger partial charge in [0.2, 0.25) is 0 Å². The molecule has 0 amide bonds. The number of aryl methyl sites for hydroxylation is 1. The maximum Gasteiger partial charge on any atom is 0.335 e. The van der Waals surface area contributed by atoms with Gasteiger partial charge in [-0.1, -0.05) is 35.9 Å². The van der Waals surface area contributed by atoms with Gasteiger partial charge in [-0.2, -0.15) is 5.26 Å². The molecule has 2 aromatic heterocycles. The summed E-state index contributed by atoms with van der Waals surface area (Å²) in [6.45, 7) is 1.57. The van der Waals surface area contributed by atoms with Crippen molar-refractivity contribution in [1.29, 1.82) is 5.26 Å². The Balaban J connectivity index is 1.91. The number of aromatic nitrogens is 2. The average Bonchev–Trinajstić information content (AvgIpc) is 3.17. The Kier molecular flexibility index (Phi) is 5.75. The fourth-order valence-electron chi connectivity index (χ4n) is 5.10. The number of hydrogen-bond acceptors (Lipinski definition) is 5. The summed E-state index contributed by atoms with van der Waals surface area (Å²) in [7, 11) is 1.62. The molecule has 5 rings (SSSR count). The Morgan fingerprint density at radius 2 is 2.06 bits per heavy atom. The number of rotatable bonds is 4. The van der Waals surface area contributed by atoms with E-state index in [1.165, 1.54) is 16.7 Å². The van der Waals surface area contributed by atoms with E-state index >= 15 is 0 Å². The van der Waals surface area contributed by atoms with Gasteiger partial charge in [0.1, 0.15) is 23.0 Å². The molecule has 9 heteroatoms. The fourth-order valence-corrected chi connectivity index (χ4v) is 5.30. The highest BCUT2D eigenvalue weighted by atomic mass is 35.5. The molecule has 0 spiro atoms. The van der Waals surface area contributed by atoms with Gasteiger partial charge in [0, 0.05) is 42.0 Å². The first-order valence-corrected chi connectivity index (χ1v) is 11.8. The number of fused-ring (bicyclic) bond motifs is 3. The number of pyridine rings is 1. The second-order valence-corrected chi connectivity index (χ2v) is 9.37. The van der Waals surface area contributed by atoms with Crippen LogP contribution in [0.1, 0.15) is 34.3 Å². The van der Waals surface area contributed by atoms with Crippen molar-refractivity contribution in [2.24, 2.45) is 12.8 Å². The minimum absolute atomic E-state index is 0.0419. The molecule has 1 aliphatic rings. The Bertz CT molecular complexity index is 1600. The lowest BCUT2D eigenvalue weighted by atomic mass is 10.0. The molecular formula is C26H24ClN5O3. The molecule has 178 valence electrons. The van der Waals surface area contributed by atoms with E-state index in [0.29, 0.717) is 57.8 Å². The Morgan fingerprint density at radius 1 is 1.29 bits per heavy atom. The highest BCUT2D eigenvalue weighted by Gasteiger charge is 2.29. The zero-order valence-corrected chi connectivity index (χ0v) is 19.9. The first-order chi connectivity index (χ1) is 16.8. The minimum Gasteiger partial charge on any atom is -0.478 e. The molecule has 0 bridgehead atoms. The van der Waals surface area contributed by atoms with Crippen molar-refractivity contribution in [1.82, 2.24) is 9.13 Å². The number of carboxylic acids is 1. The van der Waals surface area contributed by atoms with Gasteiger partial charge in [0.15, 0.2) is 0 Å². The van der Waals surface area contributed by atoms with Crippen LogP contribution in [0.5, 0.6) is 0 Å². The first-order valence-electron chi connectivity index (χ1n) is 11.4. The quantitative estimate of drug-likeness (QED) is 0.451. The predicted octanol–water partition coefficient (Wildman–Crippen LogP) is 3.69. The van der Waals surface area contributed by atoms with Gasteiger partial charge in [-0.25, -0.2) is 4.79 Å². The number of benzene rings is 2. The van der Waals surface area contributed by atoms with Crippen LogP contribution >= 0.6 is 11.6 Å². The van der Waals surface area contributed by atoms with Gasteiger partial charge in [0.25, 0.3) is 5.56 Å². The van der Waals surface area contributed by atoms with Gasteiger partial charge in [-0.15, -0.1) is 0 Å². The number of anilines is 1. The van der Waals surface area contributed by atoms with Crippen LogP contribution in [-0.4, -0.2) is 39.3 Å². The van der Waals surface area contributed by atoms with Crippen LogP contribution in [0.3, 0.4) is 0 Å². The largest absolute Gasteiger partial charge is 0.478 e. The summed E-state index contributed by atoms with van der Waals surface area (Å²) in [5.41, 5.74) is 8.09. The van der Waals surface area contributed by atoms with Crippen molar-refractivity contribution < 1.29 is 9.90 Å². The number of piperidine rings is 1. The zero-order valence-electron chi connectivity index (χ0n) is 19.2. The van der Waals surface area contributed by atoms with Crippen LogP contribution in [0.15, 0.2) is 47.3 Å². The monoisotopic (exact) mass is 489 g/mol. The molecule has 1 fully saturated rings. The highest BCUT2D eigenvalue weighted by molar-refractivity contribution is 6.31.